The Morgan fingerprint density at radius 3 is 2.71 bits per heavy atom. The van der Waals surface area contributed by atoms with E-state index in [2.05, 4.69) is 21.2 Å². The maximum atomic E-state index is 12.5. The minimum absolute atomic E-state index is 0.0629. The molecule has 10 nitrogen and oxygen atoms in total. The first-order chi connectivity index (χ1) is 13.5. The van der Waals surface area contributed by atoms with E-state index in [-0.39, 0.29) is 48.9 Å². The Morgan fingerprint density at radius 1 is 1.25 bits per heavy atom. The summed E-state index contributed by atoms with van der Waals surface area (Å²) in [4.78, 5) is 48.6. The molecule has 1 atom stereocenters. The zero-order valence-electron chi connectivity index (χ0n) is 14.9. The van der Waals surface area contributed by atoms with Crippen molar-refractivity contribution in [2.75, 3.05) is 13.2 Å². The third kappa shape index (κ3) is 4.36. The normalized spacial score (nSPS) is 19.2. The molecule has 3 N–H and O–H groups in total. The number of urea groups is 1. The highest BCUT2D eigenvalue weighted by Crippen LogP contribution is 2.30. The molecule has 28 heavy (non-hydrogen) atoms. The number of rotatable bonds is 6. The van der Waals surface area contributed by atoms with Crippen molar-refractivity contribution in [2.45, 2.75) is 25.8 Å². The third-order valence-corrected chi connectivity index (χ3v) is 4.90. The molecular weight excluding hydrogens is 388 g/mol. The van der Waals surface area contributed by atoms with E-state index in [0.29, 0.717) is 0 Å². The number of hydrogen-bond donors (Lipinski definition) is 3. The second-order valence-electron chi connectivity index (χ2n) is 5.83. The van der Waals surface area contributed by atoms with Gasteiger partial charge in [-0.15, -0.1) is 11.3 Å². The van der Waals surface area contributed by atoms with Crippen LogP contribution in [-0.2, 0) is 23.9 Å². The fraction of sp³-hybridized carbons (Fsp3) is 0.353. The molecule has 2 aliphatic rings. The Labute approximate surface area is 164 Å². The van der Waals surface area contributed by atoms with Crippen LogP contribution in [0.15, 0.2) is 33.9 Å². The molecular formula is C17H18N4O6S. The minimum atomic E-state index is -0.740. The number of carbonyl (C=O) groups excluding carboxylic acids is 4. The van der Waals surface area contributed by atoms with Crippen LogP contribution in [0.4, 0.5) is 4.79 Å². The second-order valence-corrected chi connectivity index (χ2v) is 6.81. The zero-order chi connectivity index (χ0) is 20.1. The van der Waals surface area contributed by atoms with Crippen LogP contribution in [0.1, 0.15) is 30.7 Å². The van der Waals surface area contributed by atoms with E-state index < -0.39 is 24.0 Å². The number of thiophene rings is 1. The number of hydrogen-bond acceptors (Lipinski definition) is 8. The number of hydrazone groups is 1. The average Bonchev–Trinajstić information content (AvgIpc) is 3.21. The molecule has 2 aliphatic heterocycles. The number of nitrogens with zero attached hydrogens (tertiary/aromatic N) is 1. The van der Waals surface area contributed by atoms with Crippen LogP contribution < -0.4 is 16.1 Å². The van der Waals surface area contributed by atoms with Crippen LogP contribution >= 0.6 is 11.3 Å². The van der Waals surface area contributed by atoms with Gasteiger partial charge in [0.25, 0.3) is 0 Å². The maximum Gasteiger partial charge on any atom is 0.354 e. The fourth-order valence-corrected chi connectivity index (χ4v) is 3.48. The van der Waals surface area contributed by atoms with Gasteiger partial charge in [-0.2, -0.15) is 5.10 Å². The van der Waals surface area contributed by atoms with Crippen LogP contribution in [0.25, 0.3) is 0 Å². The highest BCUT2D eigenvalue weighted by atomic mass is 32.1. The lowest BCUT2D eigenvalue weighted by Gasteiger charge is -2.28. The lowest BCUT2D eigenvalue weighted by molar-refractivity contribution is -0.140. The molecule has 0 saturated heterocycles. The summed E-state index contributed by atoms with van der Waals surface area (Å²) >= 11 is 1.37. The van der Waals surface area contributed by atoms with Gasteiger partial charge in [-0.1, -0.05) is 6.07 Å². The van der Waals surface area contributed by atoms with Crippen LogP contribution in [0.3, 0.4) is 0 Å². The van der Waals surface area contributed by atoms with E-state index in [1.165, 1.54) is 11.3 Å². The number of carbonyl (C=O) groups is 4. The first kappa shape index (κ1) is 19.5. The molecule has 3 heterocycles. The predicted molar refractivity (Wildman–Crippen MR) is 98.2 cm³/mol. The second kappa shape index (κ2) is 8.65. The van der Waals surface area contributed by atoms with Crippen LogP contribution in [0.2, 0.25) is 0 Å². The molecule has 0 saturated carbocycles. The first-order valence-corrected chi connectivity index (χ1v) is 9.41. The van der Waals surface area contributed by atoms with Gasteiger partial charge in [-0.05, 0) is 18.4 Å². The molecule has 11 heteroatoms. The average molecular weight is 406 g/mol. The van der Waals surface area contributed by atoms with Gasteiger partial charge in [0.05, 0.1) is 23.9 Å². The summed E-state index contributed by atoms with van der Waals surface area (Å²) in [6, 6.07) is 2.34. The van der Waals surface area contributed by atoms with Gasteiger partial charge in [-0.3, -0.25) is 4.79 Å². The van der Waals surface area contributed by atoms with Crippen molar-refractivity contribution in [1.29, 1.82) is 0 Å². The fourth-order valence-electron chi connectivity index (χ4n) is 2.69. The number of amides is 3. The number of esters is 2. The van der Waals surface area contributed by atoms with Gasteiger partial charge in [0.1, 0.15) is 12.3 Å². The van der Waals surface area contributed by atoms with E-state index in [1.807, 2.05) is 5.38 Å². The summed E-state index contributed by atoms with van der Waals surface area (Å²) in [7, 11) is 0. The molecule has 1 unspecified atom stereocenters. The molecule has 1 aromatic rings. The largest absolute Gasteiger partial charge is 0.463 e. The highest BCUT2D eigenvalue weighted by Gasteiger charge is 2.35. The third-order valence-electron chi connectivity index (χ3n) is 3.96. The van der Waals surface area contributed by atoms with Gasteiger partial charge in [0, 0.05) is 17.7 Å². The van der Waals surface area contributed by atoms with Crippen LogP contribution in [-0.4, -0.2) is 42.8 Å². The number of nitrogens with one attached hydrogen (secondary N) is 3. The summed E-state index contributed by atoms with van der Waals surface area (Å²) in [5.41, 5.74) is 2.57. The standard InChI is InChI=1S/C17H18N4O6S/c1-2-26-16(24)13-10(8-27-15(23)9-5-6-12(22)21-20-9)18-17(25)19-14(13)11-4-3-7-28-11/h3-4,7,14H,2,5-6,8H2,1H3,(H,21,22)(H2,18,19,25). The molecule has 1 aromatic heterocycles. The Balaban J connectivity index is 1.84. The molecule has 0 bridgehead atoms. The molecule has 3 amide bonds. The van der Waals surface area contributed by atoms with Crippen molar-refractivity contribution >= 4 is 40.9 Å². The van der Waals surface area contributed by atoms with Gasteiger partial charge in [0.2, 0.25) is 5.91 Å². The zero-order valence-corrected chi connectivity index (χ0v) is 15.8. The number of ether oxygens (including phenoxy) is 2. The van der Waals surface area contributed by atoms with E-state index in [4.69, 9.17) is 9.47 Å². The lowest BCUT2D eigenvalue weighted by atomic mass is 10.0. The molecule has 3 rings (SSSR count). The molecule has 0 radical (unpaired) electrons. The van der Waals surface area contributed by atoms with Crippen LogP contribution in [0, 0.1) is 0 Å². The minimum Gasteiger partial charge on any atom is -0.463 e. The van der Waals surface area contributed by atoms with E-state index in [0.717, 1.165) is 4.88 Å². The van der Waals surface area contributed by atoms with Crippen molar-refractivity contribution in [3.8, 4) is 0 Å². The summed E-state index contributed by atoms with van der Waals surface area (Å²) in [5.74, 6) is -1.65. The predicted octanol–water partition coefficient (Wildman–Crippen LogP) is 0.728. The molecule has 0 aromatic carbocycles. The molecule has 0 fully saturated rings. The van der Waals surface area contributed by atoms with Gasteiger partial charge >= 0.3 is 18.0 Å². The lowest BCUT2D eigenvalue weighted by Crippen LogP contribution is -2.47. The van der Waals surface area contributed by atoms with E-state index in [1.54, 1.807) is 19.1 Å². The van der Waals surface area contributed by atoms with E-state index >= 15 is 0 Å². The Morgan fingerprint density at radius 2 is 2.07 bits per heavy atom. The molecule has 0 aliphatic carbocycles. The van der Waals surface area contributed by atoms with Crippen molar-refractivity contribution in [3.63, 3.8) is 0 Å². The monoisotopic (exact) mass is 406 g/mol. The SMILES string of the molecule is CCOC(=O)C1=C(COC(=O)C2=NNC(=O)CC2)NC(=O)NC1c1cccs1. The van der Waals surface area contributed by atoms with Crippen molar-refractivity contribution in [1.82, 2.24) is 16.1 Å². The van der Waals surface area contributed by atoms with Crippen molar-refractivity contribution < 1.29 is 28.7 Å². The Kier molecular flexibility index (Phi) is 6.04. The maximum absolute atomic E-state index is 12.5. The van der Waals surface area contributed by atoms with Crippen molar-refractivity contribution in [2.24, 2.45) is 5.10 Å². The smallest absolute Gasteiger partial charge is 0.354 e. The Hall–Kier alpha value is -3.21. The topological polar surface area (TPSA) is 135 Å². The summed E-state index contributed by atoms with van der Waals surface area (Å²) in [6.45, 7) is 1.47. The van der Waals surface area contributed by atoms with Crippen LogP contribution in [0.5, 0.6) is 0 Å². The summed E-state index contributed by atoms with van der Waals surface area (Å²) in [5, 5.41) is 10.7. The molecule has 0 spiro atoms. The van der Waals surface area contributed by atoms with Gasteiger partial charge in [0.15, 0.2) is 0 Å². The first-order valence-electron chi connectivity index (χ1n) is 8.53. The van der Waals surface area contributed by atoms with Crippen molar-refractivity contribution in [3.05, 3.63) is 33.7 Å². The highest BCUT2D eigenvalue weighted by molar-refractivity contribution is 7.10. The quantitative estimate of drug-likeness (QED) is 0.596. The van der Waals surface area contributed by atoms with Gasteiger partial charge < -0.3 is 20.1 Å². The molecule has 148 valence electrons. The Bertz CT molecular complexity index is 861. The summed E-state index contributed by atoms with van der Waals surface area (Å²) in [6.07, 6.45) is 0.284. The van der Waals surface area contributed by atoms with Gasteiger partial charge in [-0.25, -0.2) is 19.8 Å². The van der Waals surface area contributed by atoms with E-state index in [9.17, 15) is 19.2 Å². The summed E-state index contributed by atoms with van der Waals surface area (Å²) < 4.78 is 10.3.